The number of hydrogen-bond donors (Lipinski definition) is 0. The number of fused-ring (bicyclic) bond motifs is 1. The van der Waals surface area contributed by atoms with Gasteiger partial charge in [-0.3, -0.25) is 0 Å². The van der Waals surface area contributed by atoms with Gasteiger partial charge in [-0.25, -0.2) is 4.39 Å². The maximum Gasteiger partial charge on any atom is 0.139 e. The van der Waals surface area contributed by atoms with Crippen molar-refractivity contribution in [3.05, 3.63) is 35.8 Å². The largest absolute Gasteiger partial charge is 0.464 e. The number of benzene rings is 1. The molecule has 0 bridgehead atoms. The van der Waals surface area contributed by atoms with Crippen LogP contribution in [0.2, 0.25) is 0 Å². The molecule has 1 nitrogen and oxygen atoms in total. The van der Waals surface area contributed by atoms with E-state index >= 15 is 0 Å². The third kappa shape index (κ3) is 0.827. The maximum absolute atomic E-state index is 12.9. The number of rotatable bonds is 0. The van der Waals surface area contributed by atoms with Crippen molar-refractivity contribution in [2.24, 2.45) is 0 Å². The summed E-state index contributed by atoms with van der Waals surface area (Å²) < 4.78 is 18.0. The molecule has 0 saturated carbocycles. The summed E-state index contributed by atoms with van der Waals surface area (Å²) >= 11 is 0. The molecule has 2 aromatic rings. The molecule has 1 heterocycles. The Bertz CT molecular complexity index is 353. The van der Waals surface area contributed by atoms with Gasteiger partial charge in [0.05, 0.1) is 11.6 Å². The van der Waals surface area contributed by atoms with Crippen molar-refractivity contribution < 1.29 is 8.81 Å². The van der Waals surface area contributed by atoms with Gasteiger partial charge >= 0.3 is 0 Å². The van der Waals surface area contributed by atoms with Gasteiger partial charge in [0.15, 0.2) is 0 Å². The quantitative estimate of drug-likeness (QED) is 0.562. The van der Waals surface area contributed by atoms with Gasteiger partial charge in [-0.15, -0.1) is 0 Å². The Morgan fingerprint density at radius 1 is 1.27 bits per heavy atom. The van der Waals surface area contributed by atoms with Crippen LogP contribution < -0.4 is 0 Å². The van der Waals surface area contributed by atoms with Crippen molar-refractivity contribution in [1.82, 2.24) is 0 Å². The fourth-order valence-corrected chi connectivity index (χ4v) is 1.17. The van der Waals surface area contributed by atoms with Crippen molar-refractivity contribution in [2.45, 2.75) is 6.92 Å². The van der Waals surface area contributed by atoms with Crippen LogP contribution in [0.25, 0.3) is 11.0 Å². The van der Waals surface area contributed by atoms with Crippen molar-refractivity contribution in [3.63, 3.8) is 0 Å². The van der Waals surface area contributed by atoms with Crippen LogP contribution in [0.15, 0.2) is 28.9 Å². The van der Waals surface area contributed by atoms with Gasteiger partial charge in [-0.05, 0) is 24.6 Å². The van der Waals surface area contributed by atoms with E-state index in [0.29, 0.717) is 11.0 Å². The van der Waals surface area contributed by atoms with Crippen molar-refractivity contribution >= 4 is 11.0 Å². The van der Waals surface area contributed by atoms with Crippen LogP contribution in [0, 0.1) is 12.7 Å². The maximum atomic E-state index is 12.9. The number of hydrogen-bond acceptors (Lipinski definition) is 1. The minimum absolute atomic E-state index is 0.223. The van der Waals surface area contributed by atoms with E-state index in [1.165, 1.54) is 12.3 Å². The Kier molecular flexibility index (Phi) is 1.22. The summed E-state index contributed by atoms with van der Waals surface area (Å²) in [6.07, 6.45) is 1.50. The first-order valence-electron chi connectivity index (χ1n) is 3.41. The van der Waals surface area contributed by atoms with Crippen LogP contribution in [0.5, 0.6) is 0 Å². The van der Waals surface area contributed by atoms with Gasteiger partial charge in [0, 0.05) is 0 Å². The lowest BCUT2D eigenvalue weighted by atomic mass is 10.2. The summed E-state index contributed by atoms with van der Waals surface area (Å²) in [5, 5.41) is 0.560. The average molecular weight is 150 g/mol. The summed E-state index contributed by atoms with van der Waals surface area (Å²) in [5.74, 6) is -0.223. The lowest BCUT2D eigenvalue weighted by Crippen LogP contribution is -1.77. The van der Waals surface area contributed by atoms with Gasteiger partial charge in [0.1, 0.15) is 11.4 Å². The van der Waals surface area contributed by atoms with Crippen LogP contribution in [0.3, 0.4) is 0 Å². The highest BCUT2D eigenvalue weighted by Crippen LogP contribution is 2.21. The molecule has 1 aromatic carbocycles. The zero-order valence-electron chi connectivity index (χ0n) is 6.10. The van der Waals surface area contributed by atoms with Crippen LogP contribution in [-0.4, -0.2) is 0 Å². The monoisotopic (exact) mass is 150 g/mol. The molecule has 0 aliphatic heterocycles. The fraction of sp³-hybridized carbons (Fsp3) is 0.111. The lowest BCUT2D eigenvalue weighted by Gasteiger charge is -1.93. The van der Waals surface area contributed by atoms with Crippen LogP contribution >= 0.6 is 0 Å². The second-order valence-electron chi connectivity index (χ2n) is 2.53. The second-order valence-corrected chi connectivity index (χ2v) is 2.53. The molecule has 0 N–H and O–H groups in total. The summed E-state index contributed by atoms with van der Waals surface area (Å²) in [4.78, 5) is 0. The first kappa shape index (κ1) is 6.40. The van der Waals surface area contributed by atoms with Gasteiger partial charge in [0.2, 0.25) is 0 Å². The molecule has 2 heteroatoms. The highest BCUT2D eigenvalue weighted by molar-refractivity contribution is 5.80. The Labute approximate surface area is 63.4 Å². The van der Waals surface area contributed by atoms with Gasteiger partial charge in [-0.2, -0.15) is 0 Å². The molecule has 0 spiro atoms. The molecule has 0 atom stereocenters. The van der Waals surface area contributed by atoms with E-state index < -0.39 is 0 Å². The molecular formula is C9H7FO. The van der Waals surface area contributed by atoms with Crippen LogP contribution in [-0.2, 0) is 0 Å². The van der Waals surface area contributed by atoms with Gasteiger partial charge < -0.3 is 4.42 Å². The van der Waals surface area contributed by atoms with E-state index in [2.05, 4.69) is 0 Å². The van der Waals surface area contributed by atoms with Crippen molar-refractivity contribution in [3.8, 4) is 0 Å². The van der Waals surface area contributed by atoms with E-state index in [1.807, 2.05) is 6.92 Å². The van der Waals surface area contributed by atoms with Crippen LogP contribution in [0.4, 0.5) is 4.39 Å². The molecule has 0 aliphatic carbocycles. The van der Waals surface area contributed by atoms with E-state index in [1.54, 1.807) is 12.1 Å². The van der Waals surface area contributed by atoms with E-state index in [9.17, 15) is 4.39 Å². The molecule has 2 rings (SSSR count). The molecule has 1 aromatic heterocycles. The van der Waals surface area contributed by atoms with Gasteiger partial charge in [-0.1, -0.05) is 6.07 Å². The molecule has 56 valence electrons. The third-order valence-electron chi connectivity index (χ3n) is 1.76. The minimum Gasteiger partial charge on any atom is -0.464 e. The summed E-state index contributed by atoms with van der Waals surface area (Å²) in [6, 6.07) is 4.80. The molecule has 0 amide bonds. The Hall–Kier alpha value is -1.31. The Morgan fingerprint density at radius 2 is 2.09 bits per heavy atom. The molecule has 0 saturated heterocycles. The zero-order valence-corrected chi connectivity index (χ0v) is 6.10. The van der Waals surface area contributed by atoms with Gasteiger partial charge in [0.25, 0.3) is 0 Å². The first-order chi connectivity index (χ1) is 5.29. The normalized spacial score (nSPS) is 10.7. The lowest BCUT2D eigenvalue weighted by molar-refractivity contribution is 0.608. The minimum atomic E-state index is -0.223. The topological polar surface area (TPSA) is 13.1 Å². The predicted octanol–water partition coefficient (Wildman–Crippen LogP) is 2.88. The highest BCUT2D eigenvalue weighted by atomic mass is 19.1. The third-order valence-corrected chi connectivity index (χ3v) is 1.76. The first-order valence-corrected chi connectivity index (χ1v) is 3.41. The van der Waals surface area contributed by atoms with E-state index in [4.69, 9.17) is 4.42 Å². The molecule has 0 radical (unpaired) electrons. The molecule has 0 unspecified atom stereocenters. The Morgan fingerprint density at radius 3 is 2.82 bits per heavy atom. The number of aryl methyl sites for hydroxylation is 1. The van der Waals surface area contributed by atoms with Crippen molar-refractivity contribution in [2.75, 3.05) is 0 Å². The highest BCUT2D eigenvalue weighted by Gasteiger charge is 2.04. The summed E-state index contributed by atoms with van der Waals surface area (Å²) in [5.41, 5.74) is 1.61. The molecule has 0 fully saturated rings. The van der Waals surface area contributed by atoms with Crippen LogP contribution in [0.1, 0.15) is 5.56 Å². The standard InChI is InChI=1S/C9H7FO/c1-6-2-3-8(10)7-4-5-11-9(6)7/h2-5H,1H3. The zero-order chi connectivity index (χ0) is 7.84. The average Bonchev–Trinajstić information content (AvgIpc) is 2.45. The molecule has 0 aliphatic rings. The Balaban J connectivity index is 2.96. The predicted molar refractivity (Wildman–Crippen MR) is 40.9 cm³/mol. The fourth-order valence-electron chi connectivity index (χ4n) is 1.17. The van der Waals surface area contributed by atoms with Crippen molar-refractivity contribution in [1.29, 1.82) is 0 Å². The SMILES string of the molecule is Cc1ccc(F)c2ccoc12. The summed E-state index contributed by atoms with van der Waals surface area (Å²) in [6.45, 7) is 1.89. The summed E-state index contributed by atoms with van der Waals surface area (Å²) in [7, 11) is 0. The smallest absolute Gasteiger partial charge is 0.139 e. The second kappa shape index (κ2) is 2.09. The van der Waals surface area contributed by atoms with E-state index in [0.717, 1.165) is 5.56 Å². The molecule has 11 heavy (non-hydrogen) atoms. The number of furan rings is 1. The number of halogens is 1. The van der Waals surface area contributed by atoms with E-state index in [-0.39, 0.29) is 5.82 Å². The molecular weight excluding hydrogens is 143 g/mol.